The Kier molecular flexibility index (Phi) is 6.72. The average Bonchev–Trinajstić information content (AvgIpc) is 2.80. The van der Waals surface area contributed by atoms with Gasteiger partial charge in [0.05, 0.1) is 24.9 Å². The Morgan fingerprint density at radius 1 is 1.13 bits per heavy atom. The van der Waals surface area contributed by atoms with E-state index in [4.69, 9.17) is 0 Å². The van der Waals surface area contributed by atoms with Gasteiger partial charge < -0.3 is 15.3 Å². The van der Waals surface area contributed by atoms with Crippen LogP contribution in [0.3, 0.4) is 0 Å². The van der Waals surface area contributed by atoms with Crippen molar-refractivity contribution in [1.29, 1.82) is 0 Å². The van der Waals surface area contributed by atoms with E-state index in [2.05, 4.69) is 12.1 Å². The standard InChI is InChI=1S/C18H27NO4/c1-2-14(21)11-15-17(22)18(23)16(12-20)19(15)10-6-9-13-7-4-3-5-8-13/h3-5,7-8,15-18,20,22-23H,2,6,9-12H2,1H3/t15-,16-,17+,18-/m1/s1. The Morgan fingerprint density at radius 3 is 2.39 bits per heavy atom. The number of hydrogen-bond acceptors (Lipinski definition) is 5. The van der Waals surface area contributed by atoms with Gasteiger partial charge in [-0.2, -0.15) is 0 Å². The van der Waals surface area contributed by atoms with Crippen LogP contribution in [0, 0.1) is 0 Å². The van der Waals surface area contributed by atoms with E-state index in [0.29, 0.717) is 13.0 Å². The molecule has 5 nitrogen and oxygen atoms in total. The first-order valence-electron chi connectivity index (χ1n) is 8.36. The molecule has 0 amide bonds. The molecule has 0 aromatic heterocycles. The molecule has 0 spiro atoms. The molecule has 0 saturated carbocycles. The first-order valence-corrected chi connectivity index (χ1v) is 8.36. The summed E-state index contributed by atoms with van der Waals surface area (Å²) in [5.74, 6) is 0.0629. The van der Waals surface area contributed by atoms with Crippen LogP contribution in [0.25, 0.3) is 0 Å². The highest BCUT2D eigenvalue weighted by Crippen LogP contribution is 2.28. The summed E-state index contributed by atoms with van der Waals surface area (Å²) in [4.78, 5) is 13.7. The maximum atomic E-state index is 11.8. The van der Waals surface area contributed by atoms with Crippen LogP contribution in [0.4, 0.5) is 0 Å². The molecule has 1 aliphatic heterocycles. The molecule has 1 saturated heterocycles. The molecule has 4 atom stereocenters. The third-order valence-corrected chi connectivity index (χ3v) is 4.73. The van der Waals surface area contributed by atoms with Crippen LogP contribution in [0.15, 0.2) is 30.3 Å². The molecule has 3 N–H and O–H groups in total. The average molecular weight is 321 g/mol. The van der Waals surface area contributed by atoms with Gasteiger partial charge in [0, 0.05) is 18.9 Å². The number of carbonyl (C=O) groups excluding carboxylic acids is 1. The maximum Gasteiger partial charge on any atom is 0.134 e. The summed E-state index contributed by atoms with van der Waals surface area (Å²) in [6.45, 7) is 2.21. The third-order valence-electron chi connectivity index (χ3n) is 4.73. The van der Waals surface area contributed by atoms with Crippen LogP contribution in [-0.2, 0) is 11.2 Å². The number of aliphatic hydroxyl groups excluding tert-OH is 3. The molecule has 0 unspecified atom stereocenters. The number of ketones is 1. The Balaban J connectivity index is 2.00. The molecule has 0 bridgehead atoms. The molecule has 128 valence electrons. The van der Waals surface area contributed by atoms with Gasteiger partial charge in [-0.25, -0.2) is 0 Å². The van der Waals surface area contributed by atoms with Crippen molar-refractivity contribution in [2.24, 2.45) is 0 Å². The fourth-order valence-electron chi connectivity index (χ4n) is 3.36. The number of rotatable bonds is 8. The van der Waals surface area contributed by atoms with E-state index in [-0.39, 0.29) is 18.8 Å². The van der Waals surface area contributed by atoms with Crippen LogP contribution < -0.4 is 0 Å². The fourth-order valence-corrected chi connectivity index (χ4v) is 3.36. The van der Waals surface area contributed by atoms with E-state index in [1.807, 2.05) is 23.1 Å². The second-order valence-electron chi connectivity index (χ2n) is 6.22. The summed E-state index contributed by atoms with van der Waals surface area (Å²) in [7, 11) is 0. The molecule has 0 aliphatic carbocycles. The predicted molar refractivity (Wildman–Crippen MR) is 88.1 cm³/mol. The Morgan fingerprint density at radius 2 is 1.78 bits per heavy atom. The van der Waals surface area contributed by atoms with Gasteiger partial charge in [-0.05, 0) is 24.9 Å². The molecule has 1 heterocycles. The van der Waals surface area contributed by atoms with Gasteiger partial charge in [-0.1, -0.05) is 37.3 Å². The first kappa shape index (κ1) is 18.1. The van der Waals surface area contributed by atoms with Crippen molar-refractivity contribution < 1.29 is 20.1 Å². The van der Waals surface area contributed by atoms with Crippen LogP contribution >= 0.6 is 0 Å². The van der Waals surface area contributed by atoms with Crippen molar-refractivity contribution in [3.8, 4) is 0 Å². The third kappa shape index (κ3) is 4.38. The van der Waals surface area contributed by atoms with Crippen molar-refractivity contribution in [2.45, 2.75) is 56.9 Å². The highest BCUT2D eigenvalue weighted by molar-refractivity contribution is 5.78. The number of aryl methyl sites for hydroxylation is 1. The SMILES string of the molecule is CCC(=O)C[C@@H]1[C@H](O)[C@H](O)[C@@H](CO)N1CCCc1ccccc1. The smallest absolute Gasteiger partial charge is 0.134 e. The fraction of sp³-hybridized carbons (Fsp3) is 0.611. The summed E-state index contributed by atoms with van der Waals surface area (Å²) in [5, 5.41) is 29.9. The summed E-state index contributed by atoms with van der Waals surface area (Å²) in [5.41, 5.74) is 1.23. The molecule has 1 aliphatic rings. The molecule has 1 fully saturated rings. The lowest BCUT2D eigenvalue weighted by Gasteiger charge is -2.29. The van der Waals surface area contributed by atoms with E-state index < -0.39 is 24.3 Å². The molecule has 1 aromatic rings. The number of carbonyl (C=O) groups is 1. The van der Waals surface area contributed by atoms with Crippen LogP contribution in [-0.4, -0.2) is 63.4 Å². The van der Waals surface area contributed by atoms with Gasteiger partial charge in [-0.15, -0.1) is 0 Å². The number of hydrogen-bond donors (Lipinski definition) is 3. The Hall–Kier alpha value is -1.27. The largest absolute Gasteiger partial charge is 0.395 e. The van der Waals surface area contributed by atoms with E-state index >= 15 is 0 Å². The van der Waals surface area contributed by atoms with Crippen molar-refractivity contribution in [3.05, 3.63) is 35.9 Å². The Bertz CT molecular complexity index is 493. The monoisotopic (exact) mass is 321 g/mol. The van der Waals surface area contributed by atoms with Gasteiger partial charge in [0.25, 0.3) is 0 Å². The molecule has 5 heteroatoms. The maximum absolute atomic E-state index is 11.8. The predicted octanol–water partition coefficient (Wildman–Crippen LogP) is 0.755. The second-order valence-corrected chi connectivity index (χ2v) is 6.22. The minimum absolute atomic E-state index is 0.0629. The highest BCUT2D eigenvalue weighted by Gasteiger charge is 2.47. The van der Waals surface area contributed by atoms with Gasteiger partial charge in [0.1, 0.15) is 5.78 Å². The first-order chi connectivity index (χ1) is 11.1. The summed E-state index contributed by atoms with van der Waals surface area (Å²) >= 11 is 0. The molecule has 0 radical (unpaired) electrons. The zero-order valence-electron chi connectivity index (χ0n) is 13.6. The number of nitrogens with zero attached hydrogens (tertiary/aromatic N) is 1. The lowest BCUT2D eigenvalue weighted by atomic mass is 10.0. The molecular formula is C18H27NO4. The zero-order valence-corrected chi connectivity index (χ0v) is 13.6. The lowest BCUT2D eigenvalue weighted by molar-refractivity contribution is -0.120. The minimum Gasteiger partial charge on any atom is -0.395 e. The van der Waals surface area contributed by atoms with Crippen LogP contribution in [0.5, 0.6) is 0 Å². The Labute approximate surface area is 137 Å². The molecule has 23 heavy (non-hydrogen) atoms. The molecule has 1 aromatic carbocycles. The summed E-state index contributed by atoms with van der Waals surface area (Å²) < 4.78 is 0. The number of benzene rings is 1. The van der Waals surface area contributed by atoms with Crippen molar-refractivity contribution >= 4 is 5.78 Å². The van der Waals surface area contributed by atoms with Gasteiger partial charge in [0.2, 0.25) is 0 Å². The highest BCUT2D eigenvalue weighted by atomic mass is 16.3. The zero-order chi connectivity index (χ0) is 16.8. The molecule has 2 rings (SSSR count). The quantitative estimate of drug-likeness (QED) is 0.658. The van der Waals surface area contributed by atoms with Gasteiger partial charge in [0.15, 0.2) is 0 Å². The number of likely N-dealkylation sites (tertiary alicyclic amines) is 1. The number of Topliss-reactive ketones (excluding diaryl/α,β-unsaturated/α-hetero) is 1. The topological polar surface area (TPSA) is 81.0 Å². The van der Waals surface area contributed by atoms with Crippen LogP contribution in [0.2, 0.25) is 0 Å². The van der Waals surface area contributed by atoms with Crippen molar-refractivity contribution in [3.63, 3.8) is 0 Å². The van der Waals surface area contributed by atoms with Gasteiger partial charge >= 0.3 is 0 Å². The van der Waals surface area contributed by atoms with E-state index in [9.17, 15) is 20.1 Å². The second kappa shape index (κ2) is 8.55. The van der Waals surface area contributed by atoms with E-state index in [1.54, 1.807) is 6.92 Å². The lowest BCUT2D eigenvalue weighted by Crippen LogP contribution is -2.43. The minimum atomic E-state index is -1.01. The van der Waals surface area contributed by atoms with Gasteiger partial charge in [-0.3, -0.25) is 9.69 Å². The van der Waals surface area contributed by atoms with E-state index in [0.717, 1.165) is 12.8 Å². The number of aliphatic hydroxyl groups is 3. The molecular weight excluding hydrogens is 294 g/mol. The van der Waals surface area contributed by atoms with Crippen molar-refractivity contribution in [2.75, 3.05) is 13.2 Å². The van der Waals surface area contributed by atoms with Crippen LogP contribution in [0.1, 0.15) is 31.7 Å². The normalized spacial score (nSPS) is 28.2. The summed E-state index contributed by atoms with van der Waals surface area (Å²) in [6.07, 6.45) is 0.371. The van der Waals surface area contributed by atoms with Crippen molar-refractivity contribution in [1.82, 2.24) is 4.90 Å². The van der Waals surface area contributed by atoms with E-state index in [1.165, 1.54) is 5.56 Å². The summed E-state index contributed by atoms with van der Waals surface area (Å²) in [6, 6.07) is 9.19.